The van der Waals surface area contributed by atoms with Gasteiger partial charge in [0.15, 0.2) is 0 Å². The smallest absolute Gasteiger partial charge is 0.227 e. The highest BCUT2D eigenvalue weighted by atomic mass is 16.5. The number of nitrogens with one attached hydrogen (secondary N) is 2. The van der Waals surface area contributed by atoms with Crippen LogP contribution in [0.2, 0.25) is 0 Å². The van der Waals surface area contributed by atoms with Crippen LogP contribution in [0.1, 0.15) is 32.6 Å². The zero-order chi connectivity index (χ0) is 17.4. The lowest BCUT2D eigenvalue weighted by Crippen LogP contribution is -2.35. The first kappa shape index (κ1) is 18.0. The highest BCUT2D eigenvalue weighted by Crippen LogP contribution is 2.30. The number of ether oxygens (including phenoxy) is 1. The molecule has 0 saturated heterocycles. The number of rotatable bonds is 7. The highest BCUT2D eigenvalue weighted by Gasteiger charge is 2.29. The monoisotopic (exact) mass is 330 g/mol. The Labute approximate surface area is 143 Å². The Bertz CT molecular complexity index is 560. The largest absolute Gasteiger partial charge is 0.494 e. The molecule has 1 aromatic carbocycles. The molecule has 1 fully saturated rings. The van der Waals surface area contributed by atoms with Crippen molar-refractivity contribution in [3.63, 3.8) is 0 Å². The summed E-state index contributed by atoms with van der Waals surface area (Å²) in [7, 11) is 0. The SMILES string of the molecule is C=CCNC(=O)C1CCC(C(=O)Nc2ccc(OCC)cc2)CC1. The Morgan fingerprint density at radius 3 is 2.25 bits per heavy atom. The van der Waals surface area contributed by atoms with E-state index in [1.807, 2.05) is 31.2 Å². The molecule has 0 unspecified atom stereocenters. The molecule has 1 aliphatic carbocycles. The van der Waals surface area contributed by atoms with Gasteiger partial charge in [0.2, 0.25) is 11.8 Å². The zero-order valence-electron chi connectivity index (χ0n) is 14.2. The van der Waals surface area contributed by atoms with E-state index in [1.54, 1.807) is 6.08 Å². The highest BCUT2D eigenvalue weighted by molar-refractivity contribution is 5.92. The molecule has 0 atom stereocenters. The Morgan fingerprint density at radius 1 is 1.12 bits per heavy atom. The minimum Gasteiger partial charge on any atom is -0.494 e. The summed E-state index contributed by atoms with van der Waals surface area (Å²) in [5, 5.41) is 5.78. The number of carbonyl (C=O) groups is 2. The quantitative estimate of drug-likeness (QED) is 0.755. The van der Waals surface area contributed by atoms with E-state index in [4.69, 9.17) is 4.74 Å². The van der Waals surface area contributed by atoms with Crippen LogP contribution >= 0.6 is 0 Å². The second-order valence-electron chi connectivity index (χ2n) is 6.03. The second-order valence-corrected chi connectivity index (χ2v) is 6.03. The standard InChI is InChI=1S/C19H26N2O3/c1-3-13-20-18(22)14-5-7-15(8-6-14)19(23)21-16-9-11-17(12-10-16)24-4-2/h3,9-12,14-15H,1,4-8,13H2,2H3,(H,20,22)(H,21,23). The Kier molecular flexibility index (Phi) is 6.85. The summed E-state index contributed by atoms with van der Waals surface area (Å²) in [6.45, 7) is 6.64. The van der Waals surface area contributed by atoms with Gasteiger partial charge in [0, 0.05) is 24.1 Å². The van der Waals surface area contributed by atoms with Crippen LogP contribution in [0.4, 0.5) is 5.69 Å². The average molecular weight is 330 g/mol. The number of carbonyl (C=O) groups excluding carboxylic acids is 2. The summed E-state index contributed by atoms with van der Waals surface area (Å²) in [6, 6.07) is 7.38. The van der Waals surface area contributed by atoms with Gasteiger partial charge < -0.3 is 15.4 Å². The van der Waals surface area contributed by atoms with Crippen molar-refractivity contribution >= 4 is 17.5 Å². The Hall–Kier alpha value is -2.30. The average Bonchev–Trinajstić information content (AvgIpc) is 2.61. The summed E-state index contributed by atoms with van der Waals surface area (Å²) in [5.41, 5.74) is 0.773. The number of hydrogen-bond donors (Lipinski definition) is 2. The minimum absolute atomic E-state index is 0.0134. The van der Waals surface area contributed by atoms with E-state index in [9.17, 15) is 9.59 Å². The third-order valence-corrected chi connectivity index (χ3v) is 4.32. The van der Waals surface area contributed by atoms with Gasteiger partial charge in [-0.15, -0.1) is 6.58 Å². The maximum Gasteiger partial charge on any atom is 0.227 e. The summed E-state index contributed by atoms with van der Waals surface area (Å²) in [6.07, 6.45) is 4.67. The fourth-order valence-electron chi connectivity index (χ4n) is 2.98. The van der Waals surface area contributed by atoms with Gasteiger partial charge >= 0.3 is 0 Å². The van der Waals surface area contributed by atoms with E-state index in [0.717, 1.165) is 37.1 Å². The van der Waals surface area contributed by atoms with Gasteiger partial charge in [-0.25, -0.2) is 0 Å². The maximum atomic E-state index is 12.4. The van der Waals surface area contributed by atoms with Crippen LogP contribution in [-0.4, -0.2) is 25.0 Å². The summed E-state index contributed by atoms with van der Waals surface area (Å²) in [4.78, 5) is 24.3. The van der Waals surface area contributed by atoms with Gasteiger partial charge in [0.1, 0.15) is 5.75 Å². The maximum absolute atomic E-state index is 12.4. The zero-order valence-corrected chi connectivity index (χ0v) is 14.2. The molecular formula is C19H26N2O3. The van der Waals surface area contributed by atoms with E-state index >= 15 is 0 Å². The first-order valence-electron chi connectivity index (χ1n) is 8.56. The van der Waals surface area contributed by atoms with Crippen LogP contribution in [0, 0.1) is 11.8 Å². The van der Waals surface area contributed by atoms with Crippen molar-refractivity contribution in [1.29, 1.82) is 0 Å². The van der Waals surface area contributed by atoms with Crippen LogP contribution < -0.4 is 15.4 Å². The van der Waals surface area contributed by atoms with Crippen molar-refractivity contribution < 1.29 is 14.3 Å². The molecule has 2 amide bonds. The van der Waals surface area contributed by atoms with Crippen molar-refractivity contribution in [3.05, 3.63) is 36.9 Å². The molecule has 0 bridgehead atoms. The van der Waals surface area contributed by atoms with Crippen LogP contribution in [0.25, 0.3) is 0 Å². The van der Waals surface area contributed by atoms with Gasteiger partial charge in [0.05, 0.1) is 6.61 Å². The fraction of sp³-hybridized carbons (Fsp3) is 0.474. The number of benzene rings is 1. The van der Waals surface area contributed by atoms with Crippen LogP contribution in [0.3, 0.4) is 0 Å². The molecular weight excluding hydrogens is 304 g/mol. The second kappa shape index (κ2) is 9.11. The number of hydrogen-bond acceptors (Lipinski definition) is 3. The van der Waals surface area contributed by atoms with Crippen LogP contribution in [0.5, 0.6) is 5.75 Å². The lowest BCUT2D eigenvalue weighted by Gasteiger charge is -2.27. The Balaban J connectivity index is 1.80. The van der Waals surface area contributed by atoms with Crippen molar-refractivity contribution in [2.75, 3.05) is 18.5 Å². The molecule has 1 aliphatic rings. The number of anilines is 1. The van der Waals surface area contributed by atoms with Crippen molar-refractivity contribution in [3.8, 4) is 5.75 Å². The first-order valence-corrected chi connectivity index (χ1v) is 8.56. The third-order valence-electron chi connectivity index (χ3n) is 4.32. The summed E-state index contributed by atoms with van der Waals surface area (Å²) in [5.74, 6) is 0.880. The van der Waals surface area contributed by atoms with Crippen molar-refractivity contribution in [2.45, 2.75) is 32.6 Å². The predicted molar refractivity (Wildman–Crippen MR) is 94.9 cm³/mol. The van der Waals surface area contributed by atoms with Gasteiger partial charge in [-0.1, -0.05) is 6.08 Å². The molecule has 1 saturated carbocycles. The van der Waals surface area contributed by atoms with Gasteiger partial charge in [0.25, 0.3) is 0 Å². The van der Waals surface area contributed by atoms with E-state index in [0.29, 0.717) is 13.2 Å². The van der Waals surface area contributed by atoms with E-state index in [-0.39, 0.29) is 23.7 Å². The van der Waals surface area contributed by atoms with Crippen LogP contribution in [-0.2, 0) is 9.59 Å². The van der Waals surface area contributed by atoms with Gasteiger partial charge in [-0.2, -0.15) is 0 Å². The van der Waals surface area contributed by atoms with E-state index in [2.05, 4.69) is 17.2 Å². The van der Waals surface area contributed by atoms with Crippen molar-refractivity contribution in [2.24, 2.45) is 11.8 Å². The lowest BCUT2D eigenvalue weighted by molar-refractivity contribution is -0.128. The summed E-state index contributed by atoms with van der Waals surface area (Å²) >= 11 is 0. The number of amides is 2. The predicted octanol–water partition coefficient (Wildman–Crippen LogP) is 3.13. The molecule has 0 heterocycles. The summed E-state index contributed by atoms with van der Waals surface area (Å²) < 4.78 is 5.39. The molecule has 130 valence electrons. The molecule has 2 N–H and O–H groups in total. The normalized spacial score (nSPS) is 20.0. The van der Waals surface area contributed by atoms with Gasteiger partial charge in [-0.05, 0) is 56.9 Å². The fourth-order valence-corrected chi connectivity index (χ4v) is 2.98. The molecule has 5 nitrogen and oxygen atoms in total. The van der Waals surface area contributed by atoms with Gasteiger partial charge in [-0.3, -0.25) is 9.59 Å². The molecule has 0 radical (unpaired) electrons. The molecule has 0 spiro atoms. The molecule has 0 aliphatic heterocycles. The van der Waals surface area contributed by atoms with E-state index in [1.165, 1.54) is 0 Å². The topological polar surface area (TPSA) is 67.4 Å². The molecule has 0 aromatic heterocycles. The molecule has 2 rings (SSSR count). The Morgan fingerprint density at radius 2 is 1.71 bits per heavy atom. The minimum atomic E-state index is -0.0278. The van der Waals surface area contributed by atoms with Crippen molar-refractivity contribution in [1.82, 2.24) is 5.32 Å². The molecule has 24 heavy (non-hydrogen) atoms. The lowest BCUT2D eigenvalue weighted by atomic mass is 9.81. The van der Waals surface area contributed by atoms with Crippen LogP contribution in [0.15, 0.2) is 36.9 Å². The third kappa shape index (κ3) is 5.11. The molecule has 1 aromatic rings. The first-order chi connectivity index (χ1) is 11.6. The molecule has 5 heteroatoms. The van der Waals surface area contributed by atoms with E-state index < -0.39 is 0 Å².